The predicted octanol–water partition coefficient (Wildman–Crippen LogP) is 0.0661. The molecular formula is C17H27N2O3+. The molecule has 22 heavy (non-hydrogen) atoms. The maximum absolute atomic E-state index is 13.3. The molecule has 5 atom stereocenters. The van der Waals surface area contributed by atoms with E-state index in [9.17, 15) is 14.7 Å². The topological polar surface area (TPSA) is 57.6 Å². The molecule has 0 amide bonds. The van der Waals surface area contributed by atoms with E-state index in [1.165, 1.54) is 0 Å². The zero-order chi connectivity index (χ0) is 15.9. The number of piperidine rings is 2. The van der Waals surface area contributed by atoms with Gasteiger partial charge in [-0.2, -0.15) is 0 Å². The highest BCUT2D eigenvalue weighted by Crippen LogP contribution is 2.60. The number of aliphatic hydroxyl groups is 1. The summed E-state index contributed by atoms with van der Waals surface area (Å²) in [5.41, 5.74) is -1.44. The molecule has 122 valence electrons. The molecule has 5 heteroatoms. The summed E-state index contributed by atoms with van der Waals surface area (Å²) in [5.74, 6) is 0.543. The molecule has 0 aromatic rings. The van der Waals surface area contributed by atoms with E-state index in [4.69, 9.17) is 0 Å². The second-order valence-electron chi connectivity index (χ2n) is 8.88. The van der Waals surface area contributed by atoms with Crippen LogP contribution in [0.5, 0.6) is 0 Å². The van der Waals surface area contributed by atoms with Crippen LogP contribution in [-0.2, 0) is 9.59 Å². The number of rotatable bonds is 0. The van der Waals surface area contributed by atoms with Crippen molar-refractivity contribution < 1.29 is 19.2 Å². The van der Waals surface area contributed by atoms with Gasteiger partial charge in [-0.15, -0.1) is 0 Å². The third-order valence-corrected chi connectivity index (χ3v) is 7.09. The number of ketones is 2. The number of Topliss-reactive ketones (excluding diaryl/α,β-unsaturated/α-hetero) is 2. The van der Waals surface area contributed by atoms with Gasteiger partial charge in [-0.3, -0.25) is 14.5 Å². The van der Waals surface area contributed by atoms with Gasteiger partial charge in [0.1, 0.15) is 24.0 Å². The lowest BCUT2D eigenvalue weighted by Crippen LogP contribution is -2.78. The zero-order valence-corrected chi connectivity index (χ0v) is 13.8. The van der Waals surface area contributed by atoms with E-state index in [-0.39, 0.29) is 23.4 Å². The number of hydrogen-bond donors (Lipinski definition) is 1. The maximum atomic E-state index is 13.3. The number of nitrogens with zero attached hydrogens (tertiary/aromatic N) is 2. The largest absolute Gasteiger partial charge is 0.382 e. The van der Waals surface area contributed by atoms with E-state index in [0.717, 1.165) is 30.4 Å². The maximum Gasteiger partial charge on any atom is 0.160 e. The Morgan fingerprint density at radius 3 is 2.73 bits per heavy atom. The van der Waals surface area contributed by atoms with Crippen molar-refractivity contribution in [2.45, 2.75) is 37.3 Å². The van der Waals surface area contributed by atoms with Gasteiger partial charge in [-0.25, -0.2) is 0 Å². The molecule has 0 radical (unpaired) electrons. The van der Waals surface area contributed by atoms with E-state index < -0.39 is 17.1 Å². The molecule has 4 aliphatic rings. The fourth-order valence-corrected chi connectivity index (χ4v) is 6.24. The molecular weight excluding hydrogens is 280 g/mol. The molecule has 2 heterocycles. The van der Waals surface area contributed by atoms with Gasteiger partial charge < -0.3 is 9.59 Å². The van der Waals surface area contributed by atoms with Gasteiger partial charge in [0, 0.05) is 30.6 Å². The molecule has 1 spiro atoms. The van der Waals surface area contributed by atoms with Crippen molar-refractivity contribution >= 4 is 11.6 Å². The fourth-order valence-electron chi connectivity index (χ4n) is 6.24. The second-order valence-corrected chi connectivity index (χ2v) is 8.88. The lowest BCUT2D eigenvalue weighted by Gasteiger charge is -2.62. The number of likely N-dealkylation sites (tertiary alicyclic amines) is 2. The van der Waals surface area contributed by atoms with Crippen molar-refractivity contribution in [3.05, 3.63) is 0 Å². The second kappa shape index (κ2) is 4.19. The third kappa shape index (κ3) is 1.65. The van der Waals surface area contributed by atoms with Gasteiger partial charge in [-0.05, 0) is 25.9 Å². The standard InChI is InChI=1S/C17H27N2O3/c1-18-6-5-16-9-11(20)8-13(16)12-4-7-19(2,3)10-17(12,22)14(18)15(16)21/h12-14,22H,4-10H2,1-3H3/q+1/t12-,13-,14-,16+,17-/m0/s1. The van der Waals surface area contributed by atoms with Crippen LogP contribution in [0.3, 0.4) is 0 Å². The lowest BCUT2D eigenvalue weighted by molar-refractivity contribution is -0.904. The van der Waals surface area contributed by atoms with Gasteiger partial charge >= 0.3 is 0 Å². The van der Waals surface area contributed by atoms with E-state index in [1.54, 1.807) is 0 Å². The van der Waals surface area contributed by atoms with Crippen LogP contribution in [0, 0.1) is 17.3 Å². The Bertz CT molecular complexity index is 560. The molecule has 0 unspecified atom stereocenters. The van der Waals surface area contributed by atoms with Crippen molar-refractivity contribution in [3.8, 4) is 0 Å². The molecule has 2 saturated heterocycles. The van der Waals surface area contributed by atoms with Gasteiger partial charge in [0.25, 0.3) is 0 Å². The molecule has 2 aliphatic carbocycles. The van der Waals surface area contributed by atoms with Crippen molar-refractivity contribution in [3.63, 3.8) is 0 Å². The van der Waals surface area contributed by atoms with Gasteiger partial charge in [0.15, 0.2) is 5.78 Å². The molecule has 4 rings (SSSR count). The minimum absolute atomic E-state index is 0.0720. The van der Waals surface area contributed by atoms with Crippen LogP contribution in [0.2, 0.25) is 0 Å². The molecule has 4 fully saturated rings. The van der Waals surface area contributed by atoms with Crippen LogP contribution in [0.4, 0.5) is 0 Å². The summed E-state index contributed by atoms with van der Waals surface area (Å²) in [5, 5.41) is 11.6. The van der Waals surface area contributed by atoms with Crippen molar-refractivity contribution in [2.24, 2.45) is 17.3 Å². The Kier molecular flexibility index (Phi) is 2.82. The van der Waals surface area contributed by atoms with Crippen LogP contribution in [-0.4, -0.2) is 78.5 Å². The summed E-state index contributed by atoms with van der Waals surface area (Å²) in [6.45, 7) is 2.43. The van der Waals surface area contributed by atoms with Crippen LogP contribution in [0.25, 0.3) is 0 Å². The Morgan fingerprint density at radius 2 is 2.00 bits per heavy atom. The average molecular weight is 307 g/mol. The van der Waals surface area contributed by atoms with Crippen LogP contribution < -0.4 is 0 Å². The SMILES string of the molecule is CN1CC[C@@]23CC(=O)C[C@H]2[C@@H]2CC[N+](C)(C)C[C@@]2(O)[C@@H]1C3=O. The highest BCUT2D eigenvalue weighted by molar-refractivity contribution is 6.00. The molecule has 1 N–H and O–H groups in total. The van der Waals surface area contributed by atoms with Gasteiger partial charge in [0.2, 0.25) is 0 Å². The summed E-state index contributed by atoms with van der Waals surface area (Å²) in [7, 11) is 6.21. The highest BCUT2D eigenvalue weighted by atomic mass is 16.3. The molecule has 0 aromatic heterocycles. The van der Waals surface area contributed by atoms with E-state index in [1.807, 2.05) is 11.9 Å². The first-order valence-corrected chi connectivity index (χ1v) is 8.50. The van der Waals surface area contributed by atoms with Crippen molar-refractivity contribution in [1.82, 2.24) is 4.90 Å². The lowest BCUT2D eigenvalue weighted by atomic mass is 9.50. The Labute approximate surface area is 131 Å². The van der Waals surface area contributed by atoms with Gasteiger partial charge in [-0.1, -0.05) is 0 Å². The van der Waals surface area contributed by atoms with Crippen molar-refractivity contribution in [2.75, 3.05) is 40.8 Å². The monoisotopic (exact) mass is 307 g/mol. The first kappa shape index (κ1) is 14.8. The number of fused-ring (bicyclic) bond motifs is 4. The van der Waals surface area contributed by atoms with Crippen LogP contribution in [0.1, 0.15) is 25.7 Å². The summed E-state index contributed by atoms with van der Waals surface area (Å²) in [4.78, 5) is 27.5. The summed E-state index contributed by atoms with van der Waals surface area (Å²) in [6.07, 6.45) is 2.63. The first-order valence-electron chi connectivity index (χ1n) is 8.50. The fraction of sp³-hybridized carbons (Fsp3) is 0.882. The number of hydrogen-bond acceptors (Lipinski definition) is 4. The zero-order valence-electron chi connectivity index (χ0n) is 13.8. The van der Waals surface area contributed by atoms with E-state index in [2.05, 4.69) is 14.1 Å². The molecule has 2 aliphatic heterocycles. The smallest absolute Gasteiger partial charge is 0.160 e. The number of carbonyl (C=O) groups excluding carboxylic acids is 2. The third-order valence-electron chi connectivity index (χ3n) is 7.09. The Hall–Kier alpha value is -0.780. The van der Waals surface area contributed by atoms with Crippen molar-refractivity contribution in [1.29, 1.82) is 0 Å². The average Bonchev–Trinajstić information content (AvgIpc) is 2.70. The summed E-state index contributed by atoms with van der Waals surface area (Å²) < 4.78 is 0.748. The number of quaternary nitrogens is 1. The molecule has 5 nitrogen and oxygen atoms in total. The number of likely N-dealkylation sites (N-methyl/N-ethyl adjacent to an activating group) is 2. The molecule has 2 saturated carbocycles. The minimum atomic E-state index is -0.979. The molecule has 0 aromatic carbocycles. The molecule has 2 bridgehead atoms. The van der Waals surface area contributed by atoms with E-state index in [0.29, 0.717) is 19.4 Å². The predicted molar refractivity (Wildman–Crippen MR) is 81.1 cm³/mol. The first-order chi connectivity index (χ1) is 10.2. The summed E-state index contributed by atoms with van der Waals surface area (Å²) in [6, 6.07) is -0.425. The quantitative estimate of drug-likeness (QED) is 0.643. The normalized spacial score (nSPS) is 50.6. The van der Waals surface area contributed by atoms with Crippen LogP contribution >= 0.6 is 0 Å². The Morgan fingerprint density at radius 1 is 1.27 bits per heavy atom. The van der Waals surface area contributed by atoms with E-state index >= 15 is 0 Å². The summed E-state index contributed by atoms with van der Waals surface area (Å²) >= 11 is 0. The number of carbonyl (C=O) groups is 2. The minimum Gasteiger partial charge on any atom is -0.382 e. The Balaban J connectivity index is 1.85. The van der Waals surface area contributed by atoms with Crippen LogP contribution in [0.15, 0.2) is 0 Å². The highest BCUT2D eigenvalue weighted by Gasteiger charge is 2.72. The van der Waals surface area contributed by atoms with Gasteiger partial charge in [0.05, 0.1) is 20.6 Å².